The van der Waals surface area contributed by atoms with Crippen molar-refractivity contribution >= 4 is 11.6 Å². The van der Waals surface area contributed by atoms with Gasteiger partial charge < -0.3 is 19.5 Å². The fourth-order valence-electron chi connectivity index (χ4n) is 2.25. The van der Waals surface area contributed by atoms with Crippen molar-refractivity contribution in [3.63, 3.8) is 0 Å². The summed E-state index contributed by atoms with van der Waals surface area (Å²) in [4.78, 5) is 0. The highest BCUT2D eigenvalue weighted by atomic mass is 35.5. The molecule has 1 N–H and O–H groups in total. The van der Waals surface area contributed by atoms with E-state index in [-0.39, 0.29) is 0 Å². The van der Waals surface area contributed by atoms with E-state index < -0.39 is 0 Å². The number of ether oxygens (including phenoxy) is 3. The molecule has 0 amide bonds. The van der Waals surface area contributed by atoms with E-state index in [1.54, 1.807) is 21.3 Å². The van der Waals surface area contributed by atoms with E-state index in [1.807, 2.05) is 36.4 Å². The van der Waals surface area contributed by atoms with Crippen LogP contribution in [-0.2, 0) is 13.1 Å². The van der Waals surface area contributed by atoms with Gasteiger partial charge in [0.1, 0.15) is 0 Å². The lowest BCUT2D eigenvalue weighted by Gasteiger charge is -2.16. The molecule has 0 aliphatic rings. The van der Waals surface area contributed by atoms with Crippen LogP contribution in [0.25, 0.3) is 0 Å². The van der Waals surface area contributed by atoms with Crippen molar-refractivity contribution in [2.24, 2.45) is 0 Å². The Morgan fingerprint density at radius 2 is 1.50 bits per heavy atom. The molecule has 0 saturated carbocycles. The number of hydrogen-bond acceptors (Lipinski definition) is 4. The molecule has 0 aliphatic heterocycles. The molecular formula is C17H20ClNO3. The van der Waals surface area contributed by atoms with Crippen molar-refractivity contribution in [1.82, 2.24) is 5.32 Å². The first-order chi connectivity index (χ1) is 10.7. The van der Waals surface area contributed by atoms with Crippen LogP contribution in [0.2, 0.25) is 5.02 Å². The first kappa shape index (κ1) is 16.5. The van der Waals surface area contributed by atoms with Crippen LogP contribution >= 0.6 is 11.6 Å². The molecule has 22 heavy (non-hydrogen) atoms. The molecule has 2 aromatic carbocycles. The van der Waals surface area contributed by atoms with E-state index in [0.29, 0.717) is 23.8 Å². The Balaban J connectivity index is 2.07. The van der Waals surface area contributed by atoms with Crippen molar-refractivity contribution < 1.29 is 14.2 Å². The molecule has 0 aliphatic carbocycles. The molecular weight excluding hydrogens is 302 g/mol. The zero-order valence-electron chi connectivity index (χ0n) is 13.0. The van der Waals surface area contributed by atoms with Gasteiger partial charge in [-0.2, -0.15) is 0 Å². The van der Waals surface area contributed by atoms with Crippen molar-refractivity contribution in [1.29, 1.82) is 0 Å². The molecule has 0 atom stereocenters. The summed E-state index contributed by atoms with van der Waals surface area (Å²) in [6.45, 7) is 1.40. The number of methoxy groups -OCH3 is 3. The van der Waals surface area contributed by atoms with Crippen LogP contribution in [0.3, 0.4) is 0 Å². The van der Waals surface area contributed by atoms with E-state index in [0.717, 1.165) is 17.1 Å². The normalized spacial score (nSPS) is 10.4. The van der Waals surface area contributed by atoms with E-state index in [2.05, 4.69) is 5.32 Å². The summed E-state index contributed by atoms with van der Waals surface area (Å²) in [6, 6.07) is 11.6. The van der Waals surface area contributed by atoms with E-state index in [4.69, 9.17) is 25.8 Å². The maximum absolute atomic E-state index is 5.88. The summed E-state index contributed by atoms with van der Waals surface area (Å²) in [5, 5.41) is 4.12. The standard InChI is InChI=1S/C17H20ClNO3/c1-20-15-9-6-13(16(21-2)17(15)22-3)11-19-10-12-4-7-14(18)8-5-12/h4-9,19H,10-11H2,1-3H3. The van der Waals surface area contributed by atoms with Gasteiger partial charge in [-0.25, -0.2) is 0 Å². The zero-order valence-corrected chi connectivity index (χ0v) is 13.7. The Hall–Kier alpha value is -1.91. The lowest BCUT2D eigenvalue weighted by molar-refractivity contribution is 0.321. The quantitative estimate of drug-likeness (QED) is 0.845. The Morgan fingerprint density at radius 3 is 2.09 bits per heavy atom. The lowest BCUT2D eigenvalue weighted by Crippen LogP contribution is -2.13. The molecule has 0 spiro atoms. The SMILES string of the molecule is COc1ccc(CNCc2ccc(Cl)cc2)c(OC)c1OC. The number of rotatable bonds is 7. The third kappa shape index (κ3) is 3.84. The van der Waals surface area contributed by atoms with E-state index in [9.17, 15) is 0 Å². The average molecular weight is 322 g/mol. The van der Waals surface area contributed by atoms with Gasteiger partial charge in [0.15, 0.2) is 11.5 Å². The third-order valence-electron chi connectivity index (χ3n) is 3.34. The highest BCUT2D eigenvalue weighted by Gasteiger charge is 2.15. The van der Waals surface area contributed by atoms with Gasteiger partial charge in [0.05, 0.1) is 21.3 Å². The molecule has 2 rings (SSSR count). The number of hydrogen-bond donors (Lipinski definition) is 1. The van der Waals surface area contributed by atoms with Crippen molar-refractivity contribution in [3.8, 4) is 17.2 Å². The lowest BCUT2D eigenvalue weighted by atomic mass is 10.1. The summed E-state index contributed by atoms with van der Waals surface area (Å²) in [5.41, 5.74) is 2.18. The molecule has 0 bridgehead atoms. The Labute approximate surface area is 136 Å². The van der Waals surface area contributed by atoms with Crippen molar-refractivity contribution in [3.05, 3.63) is 52.5 Å². The maximum atomic E-state index is 5.88. The highest BCUT2D eigenvalue weighted by Crippen LogP contribution is 2.39. The monoisotopic (exact) mass is 321 g/mol. The van der Waals surface area contributed by atoms with Gasteiger partial charge >= 0.3 is 0 Å². The van der Waals surface area contributed by atoms with Crippen LogP contribution in [0.5, 0.6) is 17.2 Å². The smallest absolute Gasteiger partial charge is 0.203 e. The molecule has 4 nitrogen and oxygen atoms in total. The highest BCUT2D eigenvalue weighted by molar-refractivity contribution is 6.30. The van der Waals surface area contributed by atoms with Crippen LogP contribution in [0.15, 0.2) is 36.4 Å². The maximum Gasteiger partial charge on any atom is 0.203 e. The summed E-state index contributed by atoms with van der Waals surface area (Å²) >= 11 is 5.88. The van der Waals surface area contributed by atoms with Gasteiger partial charge in [-0.15, -0.1) is 0 Å². The largest absolute Gasteiger partial charge is 0.493 e. The molecule has 5 heteroatoms. The second-order valence-corrected chi connectivity index (χ2v) is 5.16. The first-order valence-corrected chi connectivity index (χ1v) is 7.30. The van der Waals surface area contributed by atoms with Gasteiger partial charge in [-0.3, -0.25) is 0 Å². The molecule has 0 saturated heterocycles. The van der Waals surface area contributed by atoms with Crippen LogP contribution in [0, 0.1) is 0 Å². The summed E-state index contributed by atoms with van der Waals surface area (Å²) < 4.78 is 16.1. The predicted octanol–water partition coefficient (Wildman–Crippen LogP) is 3.66. The third-order valence-corrected chi connectivity index (χ3v) is 3.60. The van der Waals surface area contributed by atoms with Crippen LogP contribution in [0.4, 0.5) is 0 Å². The van der Waals surface area contributed by atoms with Gasteiger partial charge in [0.2, 0.25) is 5.75 Å². The minimum Gasteiger partial charge on any atom is -0.493 e. The molecule has 2 aromatic rings. The summed E-state index contributed by atoms with van der Waals surface area (Å²) in [5.74, 6) is 1.95. The second kappa shape index (κ2) is 7.92. The minimum absolute atomic E-state index is 0.607. The molecule has 0 unspecified atom stereocenters. The number of nitrogens with one attached hydrogen (secondary N) is 1. The number of halogens is 1. The molecule has 118 valence electrons. The summed E-state index contributed by atoms with van der Waals surface area (Å²) in [6.07, 6.45) is 0. The Kier molecular flexibility index (Phi) is 5.92. The van der Waals surface area contributed by atoms with Crippen molar-refractivity contribution in [2.45, 2.75) is 13.1 Å². The van der Waals surface area contributed by atoms with E-state index in [1.165, 1.54) is 5.56 Å². The molecule has 0 aromatic heterocycles. The van der Waals surface area contributed by atoms with Crippen molar-refractivity contribution in [2.75, 3.05) is 21.3 Å². The fraction of sp³-hybridized carbons (Fsp3) is 0.294. The number of benzene rings is 2. The Morgan fingerprint density at radius 1 is 0.818 bits per heavy atom. The van der Waals surface area contributed by atoms with Crippen LogP contribution in [-0.4, -0.2) is 21.3 Å². The van der Waals surface area contributed by atoms with Gasteiger partial charge in [-0.1, -0.05) is 29.8 Å². The molecule has 0 heterocycles. The van der Waals surface area contributed by atoms with Crippen LogP contribution in [0.1, 0.15) is 11.1 Å². The second-order valence-electron chi connectivity index (χ2n) is 4.72. The average Bonchev–Trinajstić information content (AvgIpc) is 2.55. The van der Waals surface area contributed by atoms with Gasteiger partial charge in [0, 0.05) is 23.7 Å². The molecule has 0 radical (unpaired) electrons. The predicted molar refractivity (Wildman–Crippen MR) is 88.1 cm³/mol. The Bertz CT molecular complexity index is 614. The van der Waals surface area contributed by atoms with Crippen LogP contribution < -0.4 is 19.5 Å². The first-order valence-electron chi connectivity index (χ1n) is 6.92. The summed E-state index contributed by atoms with van der Waals surface area (Å²) in [7, 11) is 4.83. The zero-order chi connectivity index (χ0) is 15.9. The van der Waals surface area contributed by atoms with Gasteiger partial charge in [0.25, 0.3) is 0 Å². The fourth-order valence-corrected chi connectivity index (χ4v) is 2.37. The minimum atomic E-state index is 0.607. The molecule has 0 fully saturated rings. The van der Waals surface area contributed by atoms with E-state index >= 15 is 0 Å². The topological polar surface area (TPSA) is 39.7 Å². The van der Waals surface area contributed by atoms with Gasteiger partial charge in [-0.05, 0) is 23.8 Å².